The van der Waals surface area contributed by atoms with Crippen molar-refractivity contribution >= 4 is 21.7 Å². The highest BCUT2D eigenvalue weighted by molar-refractivity contribution is 7.88. The zero-order valence-corrected chi connectivity index (χ0v) is 4.78. The van der Waals surface area contributed by atoms with E-state index in [1.54, 1.807) is 0 Å². The van der Waals surface area contributed by atoms with Crippen molar-refractivity contribution in [1.82, 2.24) is 0 Å². The van der Waals surface area contributed by atoms with Crippen molar-refractivity contribution in [2.24, 2.45) is 0 Å². The standard InChI is InChI=1S/C2H3ClO3S/c3-1-2-7(4,5)6/h1-2H,(H,4,5,6). The van der Waals surface area contributed by atoms with Crippen LogP contribution in [0.1, 0.15) is 0 Å². The zero-order chi connectivity index (χ0) is 5.91. The van der Waals surface area contributed by atoms with Gasteiger partial charge in [0.15, 0.2) is 0 Å². The molecule has 7 heavy (non-hydrogen) atoms. The molecule has 0 atom stereocenters. The highest BCUT2D eigenvalue weighted by atomic mass is 35.5. The van der Waals surface area contributed by atoms with Gasteiger partial charge in [-0.15, -0.1) is 0 Å². The van der Waals surface area contributed by atoms with Crippen LogP contribution in [0.25, 0.3) is 0 Å². The lowest BCUT2D eigenvalue weighted by Gasteiger charge is -1.75. The van der Waals surface area contributed by atoms with E-state index in [1.807, 2.05) is 0 Å². The van der Waals surface area contributed by atoms with Gasteiger partial charge in [-0.3, -0.25) is 4.55 Å². The summed E-state index contributed by atoms with van der Waals surface area (Å²) in [5, 5.41) is 0.481. The summed E-state index contributed by atoms with van der Waals surface area (Å²) < 4.78 is 27.0. The molecule has 0 heterocycles. The minimum atomic E-state index is -3.99. The molecular formula is C2H3ClO3S. The maximum atomic E-state index is 9.62. The minimum Gasteiger partial charge on any atom is -0.282 e. The van der Waals surface area contributed by atoms with Gasteiger partial charge in [-0.25, -0.2) is 0 Å². The van der Waals surface area contributed by atoms with Crippen LogP contribution >= 0.6 is 11.6 Å². The maximum Gasteiger partial charge on any atom is 0.288 e. The fourth-order valence-electron chi connectivity index (χ4n) is 0.0650. The molecule has 0 aromatic rings. The van der Waals surface area contributed by atoms with Crippen LogP contribution in [0.4, 0.5) is 0 Å². The molecule has 5 heteroatoms. The third-order valence-electron chi connectivity index (χ3n) is 0.223. The normalized spacial score (nSPS) is 12.9. The molecule has 0 rings (SSSR count). The van der Waals surface area contributed by atoms with Gasteiger partial charge in [0, 0.05) is 5.54 Å². The zero-order valence-electron chi connectivity index (χ0n) is 3.20. The van der Waals surface area contributed by atoms with E-state index in [1.165, 1.54) is 0 Å². The van der Waals surface area contributed by atoms with Crippen LogP contribution < -0.4 is 0 Å². The van der Waals surface area contributed by atoms with Crippen LogP contribution in [0.2, 0.25) is 0 Å². The molecule has 3 nitrogen and oxygen atoms in total. The summed E-state index contributed by atoms with van der Waals surface area (Å²) in [5.41, 5.74) is 0.718. The van der Waals surface area contributed by atoms with E-state index in [0.717, 1.165) is 5.54 Å². The molecule has 0 aliphatic carbocycles. The van der Waals surface area contributed by atoms with E-state index in [2.05, 4.69) is 0 Å². The van der Waals surface area contributed by atoms with Gasteiger partial charge in [-0.05, 0) is 0 Å². The Kier molecular flexibility index (Phi) is 2.28. The Bertz CT molecular complexity index is 156. The van der Waals surface area contributed by atoms with Crippen molar-refractivity contribution in [3.05, 3.63) is 10.9 Å². The van der Waals surface area contributed by atoms with Gasteiger partial charge in [0.2, 0.25) is 0 Å². The molecule has 0 saturated carbocycles. The van der Waals surface area contributed by atoms with Gasteiger partial charge in [0.25, 0.3) is 10.1 Å². The lowest BCUT2D eigenvalue weighted by Crippen LogP contribution is -1.87. The molecule has 0 bridgehead atoms. The Morgan fingerprint density at radius 2 is 2.00 bits per heavy atom. The quantitative estimate of drug-likeness (QED) is 0.545. The van der Waals surface area contributed by atoms with Gasteiger partial charge in [-0.2, -0.15) is 8.42 Å². The summed E-state index contributed by atoms with van der Waals surface area (Å²) >= 11 is 4.77. The molecule has 0 spiro atoms. The van der Waals surface area contributed by atoms with Crippen LogP contribution in [-0.4, -0.2) is 13.0 Å². The Morgan fingerprint density at radius 1 is 1.57 bits per heavy atom. The molecule has 0 unspecified atom stereocenters. The Balaban J connectivity index is 4.13. The molecule has 0 aliphatic heterocycles. The summed E-state index contributed by atoms with van der Waals surface area (Å²) in [6.45, 7) is 0. The topological polar surface area (TPSA) is 54.4 Å². The highest BCUT2D eigenvalue weighted by Gasteiger charge is 1.90. The van der Waals surface area contributed by atoms with Crippen molar-refractivity contribution in [3.8, 4) is 0 Å². The number of halogens is 1. The lowest BCUT2D eigenvalue weighted by molar-refractivity contribution is 0.494. The summed E-state index contributed by atoms with van der Waals surface area (Å²) in [4.78, 5) is 0. The second-order valence-electron chi connectivity index (χ2n) is 0.777. The molecule has 0 aromatic heterocycles. The summed E-state index contributed by atoms with van der Waals surface area (Å²) in [7, 11) is -3.99. The Labute approximate surface area is 46.3 Å². The second kappa shape index (κ2) is 2.30. The first-order valence-corrected chi connectivity index (χ1v) is 3.24. The van der Waals surface area contributed by atoms with E-state index in [4.69, 9.17) is 16.2 Å². The maximum absolute atomic E-state index is 9.62. The average Bonchev–Trinajstić information content (AvgIpc) is 1.30. The van der Waals surface area contributed by atoms with Gasteiger partial charge >= 0.3 is 0 Å². The van der Waals surface area contributed by atoms with Crippen molar-refractivity contribution < 1.29 is 13.0 Å². The second-order valence-corrected chi connectivity index (χ2v) is 2.33. The smallest absolute Gasteiger partial charge is 0.282 e. The van der Waals surface area contributed by atoms with E-state index in [0.29, 0.717) is 5.41 Å². The number of hydrogen-bond donors (Lipinski definition) is 1. The van der Waals surface area contributed by atoms with E-state index in [9.17, 15) is 8.42 Å². The largest absolute Gasteiger partial charge is 0.288 e. The van der Waals surface area contributed by atoms with Gasteiger partial charge in [-0.1, -0.05) is 11.6 Å². The summed E-state index contributed by atoms with van der Waals surface area (Å²) in [6.07, 6.45) is 0. The van der Waals surface area contributed by atoms with Crippen LogP contribution in [0.3, 0.4) is 0 Å². The molecule has 0 fully saturated rings. The summed E-state index contributed by atoms with van der Waals surface area (Å²) in [5.74, 6) is 0. The summed E-state index contributed by atoms with van der Waals surface area (Å²) in [6, 6.07) is 0. The molecule has 0 saturated heterocycles. The van der Waals surface area contributed by atoms with Crippen LogP contribution in [0.5, 0.6) is 0 Å². The van der Waals surface area contributed by atoms with Crippen molar-refractivity contribution in [1.29, 1.82) is 0 Å². The first-order chi connectivity index (χ1) is 3.06. The van der Waals surface area contributed by atoms with Crippen LogP contribution in [0, 0.1) is 0 Å². The van der Waals surface area contributed by atoms with Crippen molar-refractivity contribution in [3.63, 3.8) is 0 Å². The van der Waals surface area contributed by atoms with E-state index in [-0.39, 0.29) is 0 Å². The van der Waals surface area contributed by atoms with Gasteiger partial charge in [0.1, 0.15) is 0 Å². The van der Waals surface area contributed by atoms with Crippen molar-refractivity contribution in [2.45, 2.75) is 0 Å². The highest BCUT2D eigenvalue weighted by Crippen LogP contribution is 1.85. The van der Waals surface area contributed by atoms with E-state index < -0.39 is 10.1 Å². The minimum absolute atomic E-state index is 0.481. The molecular weight excluding hydrogens is 140 g/mol. The first kappa shape index (κ1) is 6.94. The molecule has 1 N–H and O–H groups in total. The van der Waals surface area contributed by atoms with Gasteiger partial charge in [0.05, 0.1) is 5.41 Å². The Hall–Kier alpha value is -0.0600. The molecule has 0 amide bonds. The monoisotopic (exact) mass is 142 g/mol. The van der Waals surface area contributed by atoms with Crippen LogP contribution in [-0.2, 0) is 10.1 Å². The molecule has 0 aromatic carbocycles. The fourth-order valence-corrected chi connectivity index (χ4v) is 0.585. The predicted octanol–water partition coefficient (Wildman–Crippen LogP) is 0.584. The molecule has 0 aliphatic rings. The van der Waals surface area contributed by atoms with Gasteiger partial charge < -0.3 is 0 Å². The number of hydrogen-bond acceptors (Lipinski definition) is 2. The predicted molar refractivity (Wildman–Crippen MR) is 26.5 cm³/mol. The fraction of sp³-hybridized carbons (Fsp3) is 0. The van der Waals surface area contributed by atoms with E-state index >= 15 is 0 Å². The first-order valence-electron chi connectivity index (χ1n) is 1.30. The third-order valence-corrected chi connectivity index (χ3v) is 0.979. The van der Waals surface area contributed by atoms with Crippen molar-refractivity contribution in [2.75, 3.05) is 0 Å². The number of rotatable bonds is 1. The molecule has 42 valence electrons. The van der Waals surface area contributed by atoms with Crippen LogP contribution in [0.15, 0.2) is 10.9 Å². The Morgan fingerprint density at radius 3 is 2.00 bits per heavy atom. The molecule has 0 radical (unpaired) electrons. The lowest BCUT2D eigenvalue weighted by atomic mass is 11.3. The third kappa shape index (κ3) is 5.94. The SMILES string of the molecule is O=S(=O)(O)C=CCl. The average molecular weight is 143 g/mol.